The summed E-state index contributed by atoms with van der Waals surface area (Å²) in [6.07, 6.45) is -0.556. The van der Waals surface area contributed by atoms with Crippen molar-refractivity contribution in [3.05, 3.63) is 215 Å². The van der Waals surface area contributed by atoms with E-state index in [0.717, 1.165) is 33.4 Å². The van der Waals surface area contributed by atoms with E-state index in [1.807, 2.05) is 133 Å². The average Bonchev–Trinajstić information content (AvgIpc) is 3.18. The first-order valence-electron chi connectivity index (χ1n) is 16.6. The highest BCUT2D eigenvalue weighted by molar-refractivity contribution is 5.89. The van der Waals surface area contributed by atoms with Crippen molar-refractivity contribution in [3.8, 4) is 0 Å². The predicted octanol–water partition coefficient (Wildman–Crippen LogP) is 9.37. The molecule has 0 heterocycles. The highest BCUT2D eigenvalue weighted by Crippen LogP contribution is 2.40. The van der Waals surface area contributed by atoms with E-state index in [4.69, 9.17) is 24.2 Å². The van der Waals surface area contributed by atoms with Crippen molar-refractivity contribution in [2.75, 3.05) is 13.2 Å². The molecule has 1 atom stereocenters. The monoisotopic (exact) mass is 647 g/mol. The van der Waals surface area contributed by atoms with Gasteiger partial charge in [-0.15, -0.1) is 0 Å². The normalized spacial score (nSPS) is 12.4. The van der Waals surface area contributed by atoms with Crippen LogP contribution < -0.4 is 0 Å². The number of hydrogen-bond donors (Lipinski definition) is 0. The highest BCUT2D eigenvalue weighted by Gasteiger charge is 2.38. The SMILES string of the molecule is c1ccc(COC[C@H](OCc2ccccc2)/C(COC(c2ccccc2)(c2ccccc2)c2ccccc2)=N/OCc2ccccc2)cc1. The van der Waals surface area contributed by atoms with Gasteiger partial charge in [-0.2, -0.15) is 0 Å². The molecular weight excluding hydrogens is 606 g/mol. The summed E-state index contributed by atoms with van der Waals surface area (Å²) < 4.78 is 20.1. The van der Waals surface area contributed by atoms with E-state index in [-0.39, 0.29) is 13.2 Å². The van der Waals surface area contributed by atoms with E-state index in [1.54, 1.807) is 0 Å². The summed E-state index contributed by atoms with van der Waals surface area (Å²) in [7, 11) is 0. The molecule has 0 saturated heterocycles. The van der Waals surface area contributed by atoms with Gasteiger partial charge >= 0.3 is 0 Å². The van der Waals surface area contributed by atoms with Crippen LogP contribution >= 0.6 is 0 Å². The first-order chi connectivity index (χ1) is 24.3. The Morgan fingerprint density at radius 3 is 1.31 bits per heavy atom. The van der Waals surface area contributed by atoms with Crippen molar-refractivity contribution < 1.29 is 19.0 Å². The predicted molar refractivity (Wildman–Crippen MR) is 195 cm³/mol. The molecule has 0 N–H and O–H groups in total. The lowest BCUT2D eigenvalue weighted by Crippen LogP contribution is -2.39. The second-order valence-electron chi connectivity index (χ2n) is 11.7. The first-order valence-corrected chi connectivity index (χ1v) is 16.6. The summed E-state index contributed by atoms with van der Waals surface area (Å²) in [4.78, 5) is 6.03. The molecule has 6 aromatic carbocycles. The number of nitrogens with zero attached hydrogens (tertiary/aromatic N) is 1. The van der Waals surface area contributed by atoms with Gasteiger partial charge in [0.2, 0.25) is 0 Å². The first kappa shape index (κ1) is 33.6. The van der Waals surface area contributed by atoms with E-state index < -0.39 is 11.7 Å². The fourth-order valence-corrected chi connectivity index (χ4v) is 5.76. The second kappa shape index (κ2) is 17.7. The lowest BCUT2D eigenvalue weighted by molar-refractivity contribution is -0.0109. The summed E-state index contributed by atoms with van der Waals surface area (Å²) in [6, 6.07) is 61.2. The van der Waals surface area contributed by atoms with Gasteiger partial charge in [0.25, 0.3) is 0 Å². The third-order valence-corrected chi connectivity index (χ3v) is 8.28. The molecule has 0 saturated carbocycles. The number of hydrogen-bond acceptors (Lipinski definition) is 5. The minimum Gasteiger partial charge on any atom is -0.391 e. The van der Waals surface area contributed by atoms with Crippen molar-refractivity contribution >= 4 is 5.71 Å². The van der Waals surface area contributed by atoms with Crippen LogP contribution in [-0.2, 0) is 44.5 Å². The topological polar surface area (TPSA) is 49.3 Å². The van der Waals surface area contributed by atoms with Gasteiger partial charge in [-0.3, -0.25) is 0 Å². The Labute approximate surface area is 289 Å². The lowest BCUT2D eigenvalue weighted by Gasteiger charge is -2.36. The van der Waals surface area contributed by atoms with Crippen molar-refractivity contribution in [2.45, 2.75) is 31.5 Å². The highest BCUT2D eigenvalue weighted by atomic mass is 16.6. The van der Waals surface area contributed by atoms with E-state index in [2.05, 4.69) is 48.5 Å². The van der Waals surface area contributed by atoms with Crippen LogP contribution in [0.25, 0.3) is 0 Å². The number of ether oxygens (including phenoxy) is 3. The average molecular weight is 648 g/mol. The molecule has 6 aromatic rings. The number of rotatable bonds is 17. The molecule has 0 aliphatic heterocycles. The van der Waals surface area contributed by atoms with Crippen LogP contribution in [0, 0.1) is 0 Å². The maximum absolute atomic E-state index is 7.20. The van der Waals surface area contributed by atoms with Gasteiger partial charge in [0.1, 0.15) is 24.0 Å². The van der Waals surface area contributed by atoms with Crippen LogP contribution in [0.5, 0.6) is 0 Å². The third kappa shape index (κ3) is 9.18. The van der Waals surface area contributed by atoms with Crippen LogP contribution in [0.4, 0.5) is 0 Å². The molecule has 0 bridgehead atoms. The Balaban J connectivity index is 1.36. The lowest BCUT2D eigenvalue weighted by atomic mass is 9.80. The molecule has 0 aliphatic carbocycles. The van der Waals surface area contributed by atoms with E-state index >= 15 is 0 Å². The van der Waals surface area contributed by atoms with Gasteiger partial charge in [-0.05, 0) is 33.4 Å². The minimum absolute atomic E-state index is 0.113. The Morgan fingerprint density at radius 1 is 0.469 bits per heavy atom. The molecule has 0 fully saturated rings. The third-order valence-electron chi connectivity index (χ3n) is 8.28. The van der Waals surface area contributed by atoms with E-state index in [0.29, 0.717) is 25.5 Å². The van der Waals surface area contributed by atoms with Crippen molar-refractivity contribution in [1.29, 1.82) is 0 Å². The molecule has 5 heteroatoms. The molecule has 49 heavy (non-hydrogen) atoms. The molecule has 6 rings (SSSR count). The van der Waals surface area contributed by atoms with E-state index in [1.165, 1.54) is 0 Å². The van der Waals surface area contributed by atoms with E-state index in [9.17, 15) is 0 Å². The minimum atomic E-state index is -0.946. The molecule has 5 nitrogen and oxygen atoms in total. The molecule has 0 amide bonds. The standard InChI is InChI=1S/C44H41NO4/c1-7-19-36(20-8-1)31-46-35-43(47-32-37-21-9-2-10-22-37)42(45-49-33-38-23-11-3-12-24-38)34-48-44(39-25-13-4-14-26-39,40-27-15-5-16-28-40)41-29-17-6-18-30-41/h1-30,43H,31-35H2/b45-42+/t43-/m0/s1. The Hall–Kier alpha value is -5.33. The molecular formula is C44H41NO4. The van der Waals surface area contributed by atoms with Gasteiger partial charge < -0.3 is 19.0 Å². The molecule has 0 radical (unpaired) electrons. The molecule has 0 aliphatic rings. The Bertz CT molecular complexity index is 1720. The summed E-state index contributed by atoms with van der Waals surface area (Å²) >= 11 is 0. The smallest absolute Gasteiger partial charge is 0.144 e. The van der Waals surface area contributed by atoms with Crippen LogP contribution in [0.3, 0.4) is 0 Å². The fourth-order valence-electron chi connectivity index (χ4n) is 5.76. The van der Waals surface area contributed by atoms with Gasteiger partial charge in [0.15, 0.2) is 0 Å². The zero-order chi connectivity index (χ0) is 33.4. The van der Waals surface area contributed by atoms with Crippen molar-refractivity contribution in [1.82, 2.24) is 0 Å². The summed E-state index contributed by atoms with van der Waals surface area (Å²) in [5.41, 5.74) is 5.78. The van der Waals surface area contributed by atoms with Crippen LogP contribution in [0.2, 0.25) is 0 Å². The summed E-state index contributed by atoms with van der Waals surface area (Å²) in [5, 5.41) is 4.73. The Morgan fingerprint density at radius 2 is 0.857 bits per heavy atom. The van der Waals surface area contributed by atoms with Crippen LogP contribution in [0.1, 0.15) is 33.4 Å². The second-order valence-corrected chi connectivity index (χ2v) is 11.7. The molecule has 0 spiro atoms. The fraction of sp³-hybridized carbons (Fsp3) is 0.159. The van der Waals surface area contributed by atoms with Crippen LogP contribution in [-0.4, -0.2) is 25.0 Å². The zero-order valence-corrected chi connectivity index (χ0v) is 27.5. The maximum atomic E-state index is 7.20. The molecule has 246 valence electrons. The van der Waals surface area contributed by atoms with Gasteiger partial charge in [-0.25, -0.2) is 0 Å². The van der Waals surface area contributed by atoms with Crippen molar-refractivity contribution in [2.24, 2.45) is 5.16 Å². The zero-order valence-electron chi connectivity index (χ0n) is 27.5. The Kier molecular flexibility index (Phi) is 12.1. The maximum Gasteiger partial charge on any atom is 0.144 e. The largest absolute Gasteiger partial charge is 0.391 e. The van der Waals surface area contributed by atoms with Crippen LogP contribution in [0.15, 0.2) is 187 Å². The summed E-state index contributed by atoms with van der Waals surface area (Å²) in [6.45, 7) is 1.49. The quantitative estimate of drug-likeness (QED) is 0.0562. The summed E-state index contributed by atoms with van der Waals surface area (Å²) in [5.74, 6) is 0. The van der Waals surface area contributed by atoms with Gasteiger partial charge in [-0.1, -0.05) is 187 Å². The van der Waals surface area contributed by atoms with Gasteiger partial charge in [0.05, 0.1) is 26.4 Å². The van der Waals surface area contributed by atoms with Gasteiger partial charge in [0, 0.05) is 0 Å². The molecule has 0 unspecified atom stereocenters. The number of benzene rings is 6. The number of oxime groups is 1. The van der Waals surface area contributed by atoms with Crippen molar-refractivity contribution in [3.63, 3.8) is 0 Å². The molecule has 0 aromatic heterocycles.